The van der Waals surface area contributed by atoms with E-state index in [9.17, 15) is 5.11 Å². The summed E-state index contributed by atoms with van der Waals surface area (Å²) in [6.45, 7) is 3.57. The lowest BCUT2D eigenvalue weighted by atomic mass is 10.1. The van der Waals surface area contributed by atoms with Crippen molar-refractivity contribution in [3.63, 3.8) is 0 Å². The van der Waals surface area contributed by atoms with Crippen LogP contribution in [0.15, 0.2) is 28.7 Å². The number of allylic oxidation sites excluding steroid dienone is 1. The molecule has 0 spiro atoms. The molecule has 120 valence electrons. The summed E-state index contributed by atoms with van der Waals surface area (Å²) in [6.07, 6.45) is 1.51. The standard InChI is InChI=1S/C17H17NO5/c1-11-13-3-2-12(20-7-5-16-21-8-9-22-16)10-15(13)23-17(11)14(19)4-6-18/h2-4,10,16,19H,5,7-9H2,1H3/b14-4-. The number of benzene rings is 1. The normalized spacial score (nSPS) is 15.9. The van der Waals surface area contributed by atoms with Crippen LogP contribution in [0.4, 0.5) is 0 Å². The van der Waals surface area contributed by atoms with Crippen molar-refractivity contribution in [2.75, 3.05) is 19.8 Å². The summed E-state index contributed by atoms with van der Waals surface area (Å²) in [5, 5.41) is 19.3. The average Bonchev–Trinajstić information content (AvgIpc) is 3.16. The van der Waals surface area contributed by atoms with Crippen LogP contribution in [0.3, 0.4) is 0 Å². The van der Waals surface area contributed by atoms with E-state index in [-0.39, 0.29) is 12.0 Å². The summed E-state index contributed by atoms with van der Waals surface area (Å²) in [5.74, 6) is 0.783. The first kappa shape index (κ1) is 15.4. The van der Waals surface area contributed by atoms with E-state index in [2.05, 4.69) is 0 Å². The lowest BCUT2D eigenvalue weighted by Gasteiger charge is -2.10. The van der Waals surface area contributed by atoms with Crippen molar-refractivity contribution in [3.05, 3.63) is 35.6 Å². The average molecular weight is 315 g/mol. The molecule has 0 atom stereocenters. The summed E-state index contributed by atoms with van der Waals surface area (Å²) in [5.41, 5.74) is 1.38. The Bertz CT molecular complexity index is 765. The van der Waals surface area contributed by atoms with Gasteiger partial charge in [0.05, 0.1) is 32.0 Å². The number of rotatable bonds is 5. The van der Waals surface area contributed by atoms with Gasteiger partial charge in [-0.2, -0.15) is 5.26 Å². The summed E-state index contributed by atoms with van der Waals surface area (Å²) in [7, 11) is 0. The Morgan fingerprint density at radius 1 is 1.43 bits per heavy atom. The van der Waals surface area contributed by atoms with E-state index in [1.165, 1.54) is 0 Å². The van der Waals surface area contributed by atoms with Crippen molar-refractivity contribution in [3.8, 4) is 11.8 Å². The predicted octanol–water partition coefficient (Wildman–Crippen LogP) is 3.31. The van der Waals surface area contributed by atoms with E-state index in [1.54, 1.807) is 12.1 Å². The van der Waals surface area contributed by atoms with Gasteiger partial charge >= 0.3 is 0 Å². The fraction of sp³-hybridized carbons (Fsp3) is 0.353. The Hall–Kier alpha value is -2.49. The minimum absolute atomic E-state index is 0.181. The van der Waals surface area contributed by atoms with Gasteiger partial charge in [0.1, 0.15) is 11.3 Å². The molecule has 6 heteroatoms. The molecule has 0 radical (unpaired) electrons. The van der Waals surface area contributed by atoms with Crippen molar-refractivity contribution in [2.45, 2.75) is 19.6 Å². The summed E-state index contributed by atoms with van der Waals surface area (Å²) >= 11 is 0. The Kier molecular flexibility index (Phi) is 4.51. The number of nitrogens with zero attached hydrogens (tertiary/aromatic N) is 1. The number of hydrogen-bond donors (Lipinski definition) is 1. The smallest absolute Gasteiger partial charge is 0.173 e. The van der Waals surface area contributed by atoms with Crippen LogP contribution in [0.25, 0.3) is 16.7 Å². The number of furan rings is 1. The van der Waals surface area contributed by atoms with Crippen LogP contribution in [-0.2, 0) is 9.47 Å². The first-order chi connectivity index (χ1) is 11.2. The zero-order valence-electron chi connectivity index (χ0n) is 12.7. The van der Waals surface area contributed by atoms with E-state index >= 15 is 0 Å². The second kappa shape index (κ2) is 6.73. The highest BCUT2D eigenvalue weighted by Crippen LogP contribution is 2.31. The Morgan fingerprint density at radius 3 is 2.96 bits per heavy atom. The Labute approximate surface area is 133 Å². The fourth-order valence-corrected chi connectivity index (χ4v) is 2.51. The molecule has 1 aromatic heterocycles. The third kappa shape index (κ3) is 3.31. The molecule has 3 rings (SSSR count). The van der Waals surface area contributed by atoms with Crippen LogP contribution in [0.2, 0.25) is 0 Å². The minimum Gasteiger partial charge on any atom is -0.504 e. The van der Waals surface area contributed by atoms with Crippen LogP contribution in [0.5, 0.6) is 5.75 Å². The molecule has 0 amide bonds. The number of aliphatic hydroxyl groups is 1. The van der Waals surface area contributed by atoms with E-state index in [0.29, 0.717) is 43.3 Å². The number of ether oxygens (including phenoxy) is 3. The first-order valence-corrected chi connectivity index (χ1v) is 7.37. The molecule has 0 unspecified atom stereocenters. The highest BCUT2D eigenvalue weighted by Gasteiger charge is 2.17. The number of hydrogen-bond acceptors (Lipinski definition) is 6. The van der Waals surface area contributed by atoms with Crippen molar-refractivity contribution >= 4 is 16.7 Å². The molecule has 2 aromatic rings. The first-order valence-electron chi connectivity index (χ1n) is 7.37. The fourth-order valence-electron chi connectivity index (χ4n) is 2.51. The Morgan fingerprint density at radius 2 is 2.22 bits per heavy atom. The van der Waals surface area contributed by atoms with Crippen LogP contribution in [0, 0.1) is 18.3 Å². The van der Waals surface area contributed by atoms with E-state index < -0.39 is 0 Å². The molecule has 6 nitrogen and oxygen atoms in total. The summed E-state index contributed by atoms with van der Waals surface area (Å²) in [6, 6.07) is 7.26. The van der Waals surface area contributed by atoms with Gasteiger partial charge in [-0.15, -0.1) is 0 Å². The maximum absolute atomic E-state index is 9.82. The summed E-state index contributed by atoms with van der Waals surface area (Å²) in [4.78, 5) is 0. The molecule has 0 saturated carbocycles. The van der Waals surface area contributed by atoms with Gasteiger partial charge in [-0.3, -0.25) is 0 Å². The van der Waals surface area contributed by atoms with Gasteiger partial charge in [-0.1, -0.05) is 0 Å². The number of aryl methyl sites for hydroxylation is 1. The molecule has 1 aliphatic heterocycles. The quantitative estimate of drug-likeness (QED) is 0.673. The molecule has 1 fully saturated rings. The molecule has 0 aliphatic carbocycles. The lowest BCUT2D eigenvalue weighted by molar-refractivity contribution is -0.0531. The van der Waals surface area contributed by atoms with E-state index in [1.807, 2.05) is 19.1 Å². The number of aliphatic hydroxyl groups excluding tert-OH is 1. The number of fused-ring (bicyclic) bond motifs is 1. The van der Waals surface area contributed by atoms with Gasteiger partial charge in [0.25, 0.3) is 0 Å². The van der Waals surface area contributed by atoms with Crippen LogP contribution in [0.1, 0.15) is 17.7 Å². The molecular formula is C17H17NO5. The van der Waals surface area contributed by atoms with Gasteiger partial charge in [-0.25, -0.2) is 0 Å². The van der Waals surface area contributed by atoms with Gasteiger partial charge in [0, 0.05) is 23.4 Å². The van der Waals surface area contributed by atoms with Crippen LogP contribution >= 0.6 is 0 Å². The molecule has 1 saturated heterocycles. The maximum atomic E-state index is 9.82. The third-order valence-electron chi connectivity index (χ3n) is 3.66. The SMILES string of the molecule is Cc1c(/C(O)=C/C#N)oc2cc(OCCC3OCCO3)ccc12. The molecular weight excluding hydrogens is 298 g/mol. The third-order valence-corrected chi connectivity index (χ3v) is 3.66. The molecule has 2 heterocycles. The predicted molar refractivity (Wildman–Crippen MR) is 83.0 cm³/mol. The largest absolute Gasteiger partial charge is 0.504 e. The highest BCUT2D eigenvalue weighted by atomic mass is 16.7. The minimum atomic E-state index is -0.191. The lowest BCUT2D eigenvalue weighted by Crippen LogP contribution is -2.12. The van der Waals surface area contributed by atoms with E-state index in [0.717, 1.165) is 17.0 Å². The van der Waals surface area contributed by atoms with Gasteiger partial charge in [-0.05, 0) is 19.1 Å². The monoisotopic (exact) mass is 315 g/mol. The molecule has 23 heavy (non-hydrogen) atoms. The van der Waals surface area contributed by atoms with Crippen LogP contribution in [-0.4, -0.2) is 31.2 Å². The second-order valence-corrected chi connectivity index (χ2v) is 5.18. The highest BCUT2D eigenvalue weighted by molar-refractivity contribution is 5.86. The van der Waals surface area contributed by atoms with Crippen molar-refractivity contribution in [1.82, 2.24) is 0 Å². The summed E-state index contributed by atoms with van der Waals surface area (Å²) < 4.78 is 22.0. The zero-order chi connectivity index (χ0) is 16.2. The van der Waals surface area contributed by atoms with E-state index in [4.69, 9.17) is 23.9 Å². The van der Waals surface area contributed by atoms with Gasteiger partial charge < -0.3 is 23.7 Å². The van der Waals surface area contributed by atoms with Crippen molar-refractivity contribution in [1.29, 1.82) is 5.26 Å². The number of nitriles is 1. The topological polar surface area (TPSA) is 84.9 Å². The van der Waals surface area contributed by atoms with Crippen molar-refractivity contribution < 1.29 is 23.7 Å². The molecule has 0 bridgehead atoms. The molecule has 1 aromatic carbocycles. The van der Waals surface area contributed by atoms with Crippen LogP contribution < -0.4 is 4.74 Å². The van der Waals surface area contributed by atoms with Gasteiger partial charge in [0.15, 0.2) is 17.8 Å². The van der Waals surface area contributed by atoms with Gasteiger partial charge in [0.2, 0.25) is 0 Å². The molecule has 1 N–H and O–H groups in total. The molecule has 1 aliphatic rings. The maximum Gasteiger partial charge on any atom is 0.173 e. The second-order valence-electron chi connectivity index (χ2n) is 5.18. The van der Waals surface area contributed by atoms with Crippen molar-refractivity contribution in [2.24, 2.45) is 0 Å². The Balaban J connectivity index is 1.73. The zero-order valence-corrected chi connectivity index (χ0v) is 12.7.